The maximum atomic E-state index is 11.7. The summed E-state index contributed by atoms with van der Waals surface area (Å²) in [6.45, 7) is 10.8. The molecule has 1 rings (SSSR count). The summed E-state index contributed by atoms with van der Waals surface area (Å²) in [5.74, 6) is 0.218. The van der Waals surface area contributed by atoms with Gasteiger partial charge in [0.25, 0.3) is 0 Å². The van der Waals surface area contributed by atoms with Crippen LogP contribution in [0, 0.1) is 5.92 Å². The zero-order chi connectivity index (χ0) is 14.6. The van der Waals surface area contributed by atoms with Gasteiger partial charge < -0.3 is 5.32 Å². The van der Waals surface area contributed by atoms with Crippen LogP contribution >= 0.6 is 0 Å². The van der Waals surface area contributed by atoms with Crippen molar-refractivity contribution < 1.29 is 4.79 Å². The first kappa shape index (κ1) is 15.6. The molecule has 0 spiro atoms. The molecule has 6 nitrogen and oxygen atoms in total. The van der Waals surface area contributed by atoms with Crippen molar-refractivity contribution in [3.05, 3.63) is 11.9 Å². The Morgan fingerprint density at radius 2 is 2.05 bits per heavy atom. The molecule has 1 aromatic heterocycles. The van der Waals surface area contributed by atoms with E-state index in [1.54, 1.807) is 7.05 Å². The first-order chi connectivity index (χ1) is 8.75. The molecule has 0 aliphatic rings. The Kier molecular flexibility index (Phi) is 5.05. The lowest BCUT2D eigenvalue weighted by Gasteiger charge is -2.20. The van der Waals surface area contributed by atoms with Crippen LogP contribution in [0.3, 0.4) is 0 Å². The third-order valence-corrected chi connectivity index (χ3v) is 2.93. The first-order valence-corrected chi connectivity index (χ1v) is 6.62. The predicted octanol–water partition coefficient (Wildman–Crippen LogP) is 0.893. The van der Waals surface area contributed by atoms with E-state index in [1.807, 2.05) is 24.7 Å². The molecule has 108 valence electrons. The molecule has 0 fully saturated rings. The molecule has 2 N–H and O–H groups in total. The molecule has 1 unspecified atom stereocenters. The SMILES string of the molecule is CNC(=O)C(NCc1cn(C(C)(C)C)nn1)C(C)C. The highest BCUT2D eigenvalue weighted by Crippen LogP contribution is 2.12. The topological polar surface area (TPSA) is 71.8 Å². The summed E-state index contributed by atoms with van der Waals surface area (Å²) in [4.78, 5) is 11.7. The predicted molar refractivity (Wildman–Crippen MR) is 74.6 cm³/mol. The Bertz CT molecular complexity index is 419. The number of carbonyl (C=O) groups excluding carboxylic acids is 1. The van der Waals surface area contributed by atoms with Gasteiger partial charge in [-0.15, -0.1) is 5.10 Å². The summed E-state index contributed by atoms with van der Waals surface area (Å²) >= 11 is 0. The molecule has 0 radical (unpaired) electrons. The largest absolute Gasteiger partial charge is 0.358 e. The van der Waals surface area contributed by atoms with Gasteiger partial charge >= 0.3 is 0 Å². The molecule has 0 saturated heterocycles. The van der Waals surface area contributed by atoms with Gasteiger partial charge in [-0.2, -0.15) is 0 Å². The third kappa shape index (κ3) is 4.31. The fourth-order valence-electron chi connectivity index (χ4n) is 1.71. The van der Waals surface area contributed by atoms with Crippen LogP contribution in [-0.4, -0.2) is 34.0 Å². The van der Waals surface area contributed by atoms with Gasteiger partial charge in [0, 0.05) is 13.6 Å². The highest BCUT2D eigenvalue weighted by atomic mass is 16.2. The lowest BCUT2D eigenvalue weighted by atomic mass is 10.0. The van der Waals surface area contributed by atoms with Crippen molar-refractivity contribution in [2.45, 2.75) is 52.7 Å². The van der Waals surface area contributed by atoms with Crippen LogP contribution in [0.2, 0.25) is 0 Å². The van der Waals surface area contributed by atoms with Gasteiger partial charge in [0.2, 0.25) is 5.91 Å². The Morgan fingerprint density at radius 3 is 2.47 bits per heavy atom. The minimum atomic E-state index is -0.218. The van der Waals surface area contributed by atoms with Crippen LogP contribution in [0.1, 0.15) is 40.3 Å². The number of carbonyl (C=O) groups is 1. The van der Waals surface area contributed by atoms with Gasteiger partial charge in [-0.1, -0.05) is 19.1 Å². The number of nitrogens with one attached hydrogen (secondary N) is 2. The molecule has 1 amide bonds. The van der Waals surface area contributed by atoms with Gasteiger partial charge in [0.05, 0.1) is 23.5 Å². The molecular weight excluding hydrogens is 242 g/mol. The minimum absolute atomic E-state index is 0.00165. The summed E-state index contributed by atoms with van der Waals surface area (Å²) in [6, 6.07) is -0.218. The van der Waals surface area contributed by atoms with E-state index in [9.17, 15) is 4.79 Å². The number of rotatable bonds is 5. The van der Waals surface area contributed by atoms with E-state index in [2.05, 4.69) is 41.7 Å². The van der Waals surface area contributed by atoms with Crippen molar-refractivity contribution in [3.63, 3.8) is 0 Å². The number of likely N-dealkylation sites (N-methyl/N-ethyl adjacent to an activating group) is 1. The fourth-order valence-corrected chi connectivity index (χ4v) is 1.71. The molecular formula is C13H25N5O. The normalized spacial score (nSPS) is 13.6. The molecule has 0 aliphatic heterocycles. The molecule has 0 saturated carbocycles. The Balaban J connectivity index is 2.65. The Hall–Kier alpha value is -1.43. The van der Waals surface area contributed by atoms with Crippen molar-refractivity contribution >= 4 is 5.91 Å². The van der Waals surface area contributed by atoms with E-state index in [0.29, 0.717) is 6.54 Å². The summed E-state index contributed by atoms with van der Waals surface area (Å²) in [5, 5.41) is 14.1. The van der Waals surface area contributed by atoms with E-state index in [0.717, 1.165) is 5.69 Å². The highest BCUT2D eigenvalue weighted by Gasteiger charge is 2.21. The number of hydrogen-bond donors (Lipinski definition) is 2. The smallest absolute Gasteiger partial charge is 0.237 e. The monoisotopic (exact) mass is 267 g/mol. The number of nitrogens with zero attached hydrogens (tertiary/aromatic N) is 3. The summed E-state index contributed by atoms with van der Waals surface area (Å²) < 4.78 is 1.83. The van der Waals surface area contributed by atoms with Gasteiger partial charge in [-0.05, 0) is 26.7 Å². The molecule has 0 aliphatic carbocycles. The second kappa shape index (κ2) is 6.14. The maximum absolute atomic E-state index is 11.7. The van der Waals surface area contributed by atoms with Crippen LogP contribution < -0.4 is 10.6 Å². The zero-order valence-corrected chi connectivity index (χ0v) is 12.7. The van der Waals surface area contributed by atoms with E-state index in [1.165, 1.54) is 0 Å². The van der Waals surface area contributed by atoms with Crippen molar-refractivity contribution in [1.29, 1.82) is 0 Å². The van der Waals surface area contributed by atoms with Gasteiger partial charge in [0.1, 0.15) is 0 Å². The van der Waals surface area contributed by atoms with Crippen molar-refractivity contribution in [3.8, 4) is 0 Å². The van der Waals surface area contributed by atoms with E-state index in [-0.39, 0.29) is 23.4 Å². The lowest BCUT2D eigenvalue weighted by Crippen LogP contribution is -2.46. The first-order valence-electron chi connectivity index (χ1n) is 6.62. The average Bonchev–Trinajstić information content (AvgIpc) is 2.76. The maximum Gasteiger partial charge on any atom is 0.237 e. The van der Waals surface area contributed by atoms with Gasteiger partial charge in [-0.25, -0.2) is 4.68 Å². The third-order valence-electron chi connectivity index (χ3n) is 2.93. The van der Waals surface area contributed by atoms with Crippen molar-refractivity contribution in [2.75, 3.05) is 7.05 Å². The average molecular weight is 267 g/mol. The number of hydrogen-bond acceptors (Lipinski definition) is 4. The Labute approximate surface area is 115 Å². The van der Waals surface area contributed by atoms with Gasteiger partial charge in [0.15, 0.2) is 0 Å². The van der Waals surface area contributed by atoms with E-state index >= 15 is 0 Å². The van der Waals surface area contributed by atoms with E-state index < -0.39 is 0 Å². The minimum Gasteiger partial charge on any atom is -0.358 e. The molecule has 1 atom stereocenters. The molecule has 0 bridgehead atoms. The zero-order valence-electron chi connectivity index (χ0n) is 12.7. The van der Waals surface area contributed by atoms with Crippen LogP contribution in [-0.2, 0) is 16.9 Å². The van der Waals surface area contributed by atoms with E-state index in [4.69, 9.17) is 0 Å². The van der Waals surface area contributed by atoms with Crippen molar-refractivity contribution in [2.24, 2.45) is 5.92 Å². The second-order valence-corrected chi connectivity index (χ2v) is 6.04. The summed E-state index contributed by atoms with van der Waals surface area (Å²) in [5.41, 5.74) is 0.758. The lowest BCUT2D eigenvalue weighted by molar-refractivity contribution is -0.123. The highest BCUT2D eigenvalue weighted by molar-refractivity contribution is 5.81. The van der Waals surface area contributed by atoms with Crippen molar-refractivity contribution in [1.82, 2.24) is 25.6 Å². The quantitative estimate of drug-likeness (QED) is 0.831. The van der Waals surface area contributed by atoms with Crippen LogP contribution in [0.4, 0.5) is 0 Å². The van der Waals surface area contributed by atoms with Crippen LogP contribution in [0.15, 0.2) is 6.20 Å². The molecule has 6 heteroatoms. The fraction of sp³-hybridized carbons (Fsp3) is 0.769. The Morgan fingerprint density at radius 1 is 1.42 bits per heavy atom. The molecule has 1 aromatic rings. The number of amides is 1. The van der Waals surface area contributed by atoms with Crippen LogP contribution in [0.5, 0.6) is 0 Å². The van der Waals surface area contributed by atoms with Crippen LogP contribution in [0.25, 0.3) is 0 Å². The van der Waals surface area contributed by atoms with Gasteiger partial charge in [-0.3, -0.25) is 10.1 Å². The summed E-state index contributed by atoms with van der Waals surface area (Å²) in [7, 11) is 1.65. The molecule has 0 aromatic carbocycles. The molecule has 1 heterocycles. The second-order valence-electron chi connectivity index (χ2n) is 6.04. The molecule has 19 heavy (non-hydrogen) atoms. The number of aromatic nitrogens is 3. The summed E-state index contributed by atoms with van der Waals surface area (Å²) in [6.07, 6.45) is 1.91. The standard InChI is InChI=1S/C13H25N5O/c1-9(2)11(12(19)14-6)15-7-10-8-18(17-16-10)13(3,4)5/h8-9,11,15H,7H2,1-6H3,(H,14,19).